The number of hydrogen-bond acceptors (Lipinski definition) is 4. The number of halogens is 2. The topological polar surface area (TPSA) is 60.2 Å². The van der Waals surface area contributed by atoms with E-state index in [2.05, 4.69) is 32.6 Å². The van der Waals surface area contributed by atoms with E-state index in [1.165, 1.54) is 30.4 Å². The fourth-order valence-electron chi connectivity index (χ4n) is 4.42. The maximum absolute atomic E-state index is 13.4. The highest BCUT2D eigenvalue weighted by Crippen LogP contribution is 2.40. The van der Waals surface area contributed by atoms with E-state index < -0.39 is 5.82 Å². The van der Waals surface area contributed by atoms with Crippen LogP contribution in [0, 0.1) is 39.8 Å². The van der Waals surface area contributed by atoms with Gasteiger partial charge >= 0.3 is 0 Å². The van der Waals surface area contributed by atoms with Crippen LogP contribution in [0.25, 0.3) is 0 Å². The molecule has 6 heteroatoms. The van der Waals surface area contributed by atoms with Crippen molar-refractivity contribution >= 4 is 23.2 Å². The molecule has 0 amide bonds. The minimum absolute atomic E-state index is 0.0375. The Bertz CT molecular complexity index is 818. The van der Waals surface area contributed by atoms with Crippen molar-refractivity contribution in [3.63, 3.8) is 0 Å². The SMILES string of the molecule is CC(CN1C[C@H]2CC(OC(=N)/C=C\C(=N)c3cc(F)ccc3Cl)C[C@H]2C1)C(C)(C)C. The first-order chi connectivity index (χ1) is 14.0. The smallest absolute Gasteiger partial charge is 0.206 e. The van der Waals surface area contributed by atoms with Gasteiger partial charge in [0, 0.05) is 31.3 Å². The van der Waals surface area contributed by atoms with E-state index in [1.807, 2.05) is 0 Å². The molecule has 4 atom stereocenters. The van der Waals surface area contributed by atoms with Crippen molar-refractivity contribution in [3.8, 4) is 0 Å². The first-order valence-electron chi connectivity index (χ1n) is 10.7. The van der Waals surface area contributed by atoms with Crippen LogP contribution in [-0.4, -0.2) is 42.2 Å². The maximum atomic E-state index is 13.4. The summed E-state index contributed by atoms with van der Waals surface area (Å²) in [6.45, 7) is 12.6. The number of likely N-dealkylation sites (tertiary alicyclic amines) is 1. The van der Waals surface area contributed by atoms with Gasteiger partial charge in [0.1, 0.15) is 11.9 Å². The molecule has 164 valence electrons. The van der Waals surface area contributed by atoms with Gasteiger partial charge in [-0.25, -0.2) is 4.39 Å². The fraction of sp³-hybridized carbons (Fsp3) is 0.583. The van der Waals surface area contributed by atoms with Crippen molar-refractivity contribution in [3.05, 3.63) is 46.8 Å². The Balaban J connectivity index is 1.47. The van der Waals surface area contributed by atoms with Crippen molar-refractivity contribution < 1.29 is 9.13 Å². The van der Waals surface area contributed by atoms with Gasteiger partial charge in [-0.2, -0.15) is 0 Å². The van der Waals surface area contributed by atoms with Crippen LogP contribution in [0.4, 0.5) is 4.39 Å². The zero-order chi connectivity index (χ0) is 22.1. The predicted octanol–water partition coefficient (Wildman–Crippen LogP) is 5.79. The fourth-order valence-corrected chi connectivity index (χ4v) is 4.64. The van der Waals surface area contributed by atoms with Crippen molar-refractivity contribution in [2.45, 2.75) is 46.6 Å². The lowest BCUT2D eigenvalue weighted by Gasteiger charge is -2.31. The molecule has 0 bridgehead atoms. The van der Waals surface area contributed by atoms with Crippen molar-refractivity contribution in [2.24, 2.45) is 23.2 Å². The van der Waals surface area contributed by atoms with E-state index in [0.29, 0.717) is 33.8 Å². The van der Waals surface area contributed by atoms with Crippen LogP contribution in [0.15, 0.2) is 30.4 Å². The Hall–Kier alpha value is -1.72. The zero-order valence-electron chi connectivity index (χ0n) is 18.3. The van der Waals surface area contributed by atoms with Gasteiger partial charge in [0.2, 0.25) is 5.90 Å². The number of allylic oxidation sites excluding steroid dienone is 1. The van der Waals surface area contributed by atoms with Crippen molar-refractivity contribution in [1.29, 1.82) is 10.8 Å². The average Bonchev–Trinajstić information content (AvgIpc) is 3.18. The van der Waals surface area contributed by atoms with Crippen LogP contribution >= 0.6 is 11.6 Å². The van der Waals surface area contributed by atoms with Gasteiger partial charge in [-0.15, -0.1) is 0 Å². The molecule has 1 saturated carbocycles. The lowest BCUT2D eigenvalue weighted by Crippen LogP contribution is -2.33. The highest BCUT2D eigenvalue weighted by molar-refractivity contribution is 6.34. The molecule has 2 fully saturated rings. The van der Waals surface area contributed by atoms with Gasteiger partial charge in [-0.3, -0.25) is 5.41 Å². The number of benzene rings is 1. The number of hydrogen-bond donors (Lipinski definition) is 2. The Labute approximate surface area is 184 Å². The van der Waals surface area contributed by atoms with Crippen LogP contribution in [0.1, 0.15) is 46.1 Å². The van der Waals surface area contributed by atoms with E-state index in [1.54, 1.807) is 0 Å². The lowest BCUT2D eigenvalue weighted by molar-refractivity contribution is 0.151. The summed E-state index contributed by atoms with van der Waals surface area (Å²) < 4.78 is 19.2. The average molecular weight is 434 g/mol. The summed E-state index contributed by atoms with van der Waals surface area (Å²) in [6, 6.07) is 3.92. The van der Waals surface area contributed by atoms with Crippen LogP contribution in [0.5, 0.6) is 0 Å². The van der Waals surface area contributed by atoms with Crippen LogP contribution < -0.4 is 0 Å². The summed E-state index contributed by atoms with van der Waals surface area (Å²) in [5.41, 5.74) is 0.689. The molecule has 0 radical (unpaired) electrons. The van der Waals surface area contributed by atoms with Crippen molar-refractivity contribution in [2.75, 3.05) is 19.6 Å². The molecule has 0 spiro atoms. The maximum Gasteiger partial charge on any atom is 0.206 e. The Morgan fingerprint density at radius 3 is 2.47 bits per heavy atom. The molecule has 1 aliphatic heterocycles. The van der Waals surface area contributed by atoms with Gasteiger partial charge in [-0.05, 0) is 60.3 Å². The monoisotopic (exact) mass is 433 g/mol. The molecule has 1 aromatic carbocycles. The summed E-state index contributed by atoms with van der Waals surface area (Å²) in [5, 5.41) is 16.5. The van der Waals surface area contributed by atoms with Crippen LogP contribution in [0.2, 0.25) is 5.02 Å². The Morgan fingerprint density at radius 1 is 1.23 bits per heavy atom. The molecular formula is C24H33ClFN3O. The van der Waals surface area contributed by atoms with Gasteiger partial charge < -0.3 is 15.0 Å². The van der Waals surface area contributed by atoms with Gasteiger partial charge in [-0.1, -0.05) is 39.3 Å². The largest absolute Gasteiger partial charge is 0.475 e. The van der Waals surface area contributed by atoms with E-state index in [9.17, 15) is 4.39 Å². The quantitative estimate of drug-likeness (QED) is 0.440. The third-order valence-electron chi connectivity index (χ3n) is 6.71. The third-order valence-corrected chi connectivity index (χ3v) is 7.04. The minimum atomic E-state index is -0.442. The Kier molecular flexibility index (Phi) is 7.03. The first-order valence-corrected chi connectivity index (χ1v) is 11.1. The molecule has 2 N–H and O–H groups in total. The molecule has 1 heterocycles. The number of nitrogens with zero attached hydrogens (tertiary/aromatic N) is 1. The lowest BCUT2D eigenvalue weighted by atomic mass is 9.82. The minimum Gasteiger partial charge on any atom is -0.475 e. The third kappa shape index (κ3) is 5.70. The summed E-state index contributed by atoms with van der Waals surface area (Å²) >= 11 is 6.04. The summed E-state index contributed by atoms with van der Waals surface area (Å²) in [6.07, 6.45) is 4.91. The van der Waals surface area contributed by atoms with Gasteiger partial charge in [0.15, 0.2) is 0 Å². The first kappa shape index (κ1) is 23.0. The molecule has 1 aromatic rings. The number of rotatable bonds is 6. The molecule has 2 unspecified atom stereocenters. The summed E-state index contributed by atoms with van der Waals surface area (Å²) in [4.78, 5) is 2.59. The second kappa shape index (κ2) is 9.19. The molecule has 2 aliphatic rings. The van der Waals surface area contributed by atoms with E-state index in [-0.39, 0.29) is 17.7 Å². The number of nitrogens with one attached hydrogen (secondary N) is 2. The second-order valence-electron chi connectivity index (χ2n) is 9.95. The summed E-state index contributed by atoms with van der Waals surface area (Å²) in [5.74, 6) is 1.54. The van der Waals surface area contributed by atoms with Gasteiger partial charge in [0.05, 0.1) is 10.7 Å². The predicted molar refractivity (Wildman–Crippen MR) is 121 cm³/mol. The van der Waals surface area contributed by atoms with E-state index >= 15 is 0 Å². The molecule has 30 heavy (non-hydrogen) atoms. The van der Waals surface area contributed by atoms with Crippen molar-refractivity contribution in [1.82, 2.24) is 4.90 Å². The van der Waals surface area contributed by atoms with Gasteiger partial charge in [0.25, 0.3) is 0 Å². The highest BCUT2D eigenvalue weighted by atomic mass is 35.5. The molecule has 1 saturated heterocycles. The van der Waals surface area contributed by atoms with E-state index in [0.717, 1.165) is 32.5 Å². The highest BCUT2D eigenvalue weighted by Gasteiger charge is 2.42. The molecule has 4 nitrogen and oxygen atoms in total. The molecule has 0 aromatic heterocycles. The van der Waals surface area contributed by atoms with Crippen LogP contribution in [-0.2, 0) is 4.74 Å². The van der Waals surface area contributed by atoms with E-state index in [4.69, 9.17) is 27.2 Å². The molecular weight excluding hydrogens is 401 g/mol. The second-order valence-corrected chi connectivity index (χ2v) is 10.4. The van der Waals surface area contributed by atoms with Crippen LogP contribution in [0.3, 0.4) is 0 Å². The standard InChI is InChI=1S/C24H33ClFN3O/c1-15(24(2,3)4)12-29-13-16-9-19(10-17(16)14-29)30-23(28)8-7-22(27)20-11-18(26)5-6-21(20)25/h5-8,11,15-17,19,27-28H,9-10,12-14H2,1-4H3/b8-7-,27-22?,28-23?/t15?,16-,17+,19?. The zero-order valence-corrected chi connectivity index (χ0v) is 19.1. The normalized spacial score (nSPS) is 25.5. The Morgan fingerprint density at radius 2 is 1.87 bits per heavy atom. The summed E-state index contributed by atoms with van der Waals surface area (Å²) in [7, 11) is 0. The molecule has 3 rings (SSSR count). The number of fused-ring (bicyclic) bond motifs is 1. The number of ether oxygens (including phenoxy) is 1. The molecule has 1 aliphatic carbocycles.